The maximum absolute atomic E-state index is 16.1. The van der Waals surface area contributed by atoms with Crippen molar-refractivity contribution in [1.82, 2.24) is 0 Å². The maximum atomic E-state index is 16.1. The molecule has 2 aliphatic rings. The van der Waals surface area contributed by atoms with Crippen LogP contribution < -0.4 is 10.2 Å². The monoisotopic (exact) mass is 586 g/mol. The van der Waals surface area contributed by atoms with Gasteiger partial charge >= 0.3 is 5.97 Å². The Labute approximate surface area is 234 Å². The zero-order valence-electron chi connectivity index (χ0n) is 23.5. The number of aromatic carboxylic acids is 1. The number of hydrogen-bond acceptors (Lipinski definition) is 5. The van der Waals surface area contributed by atoms with Crippen molar-refractivity contribution < 1.29 is 36.7 Å². The lowest BCUT2D eigenvalue weighted by Crippen LogP contribution is -2.29. The van der Waals surface area contributed by atoms with E-state index in [1.165, 1.54) is 12.1 Å². The highest BCUT2D eigenvalue weighted by Gasteiger charge is 2.46. The van der Waals surface area contributed by atoms with Crippen molar-refractivity contribution in [1.29, 1.82) is 0 Å². The number of allylic oxidation sites excluding steroid dienone is 5. The maximum Gasteiger partial charge on any atom is 0.339 e. The standard InChI is InChI=1S/C28H27F3N5O4P/c1-28(2,3)40-41(39)18-12-14(35(4)5)8-10-16(18)20(17-11-9-15(36(6)7)13-19(17)41)21-22(27(37)38)23(29)25(31)26(24(21)30)33-34-32/h8-13H,1-7H3/p+1. The van der Waals surface area contributed by atoms with E-state index in [2.05, 4.69) is 10.0 Å². The van der Waals surface area contributed by atoms with Crippen molar-refractivity contribution in [3.8, 4) is 0 Å². The predicted molar refractivity (Wildman–Crippen MR) is 151 cm³/mol. The van der Waals surface area contributed by atoms with Crippen LogP contribution in [0, 0.1) is 17.5 Å². The molecular weight excluding hydrogens is 558 g/mol. The van der Waals surface area contributed by atoms with Crippen LogP contribution >= 0.6 is 7.37 Å². The van der Waals surface area contributed by atoms with E-state index in [1.54, 1.807) is 82.7 Å². The molecule has 0 saturated heterocycles. The molecular formula is C28H28F3N5O4P+. The van der Waals surface area contributed by atoms with Crippen LogP contribution in [0.2, 0.25) is 0 Å². The van der Waals surface area contributed by atoms with E-state index in [-0.39, 0.29) is 27.3 Å². The fourth-order valence-corrected chi connectivity index (χ4v) is 7.59. The lowest BCUT2D eigenvalue weighted by Gasteiger charge is -2.37. The van der Waals surface area contributed by atoms with Crippen LogP contribution in [0.3, 0.4) is 0 Å². The van der Waals surface area contributed by atoms with E-state index in [0.29, 0.717) is 11.4 Å². The van der Waals surface area contributed by atoms with E-state index in [4.69, 9.17) is 10.1 Å². The molecule has 214 valence electrons. The minimum Gasteiger partial charge on any atom is -0.478 e. The summed E-state index contributed by atoms with van der Waals surface area (Å²) in [5, 5.41) is 13.2. The van der Waals surface area contributed by atoms with Crippen molar-refractivity contribution >= 4 is 41.3 Å². The molecule has 0 spiro atoms. The Kier molecular flexibility index (Phi) is 7.56. The Hall–Kier alpha value is -4.11. The number of azide groups is 1. The fraction of sp³-hybridized carbons (Fsp3) is 0.286. The van der Waals surface area contributed by atoms with Gasteiger partial charge in [-0.3, -0.25) is 4.57 Å². The number of fused-ring (bicyclic) bond motifs is 2. The van der Waals surface area contributed by atoms with Crippen molar-refractivity contribution in [2.45, 2.75) is 26.4 Å². The third kappa shape index (κ3) is 4.99. The third-order valence-electron chi connectivity index (χ3n) is 6.48. The third-order valence-corrected chi connectivity index (χ3v) is 9.29. The van der Waals surface area contributed by atoms with Crippen molar-refractivity contribution in [2.24, 2.45) is 5.11 Å². The number of halogens is 3. The first-order valence-corrected chi connectivity index (χ1v) is 14.0. The number of anilines is 1. The van der Waals surface area contributed by atoms with Crippen LogP contribution in [-0.4, -0.2) is 55.2 Å². The molecule has 0 amide bonds. The number of carboxylic acids is 1. The number of hydrogen-bond donors (Lipinski definition) is 1. The van der Waals surface area contributed by atoms with Gasteiger partial charge in [-0.25, -0.2) is 22.5 Å². The Balaban J connectivity index is 2.31. The van der Waals surface area contributed by atoms with E-state index in [9.17, 15) is 14.3 Å². The predicted octanol–water partition coefficient (Wildman–Crippen LogP) is 6.51. The van der Waals surface area contributed by atoms with Crippen LogP contribution in [-0.2, 0) is 9.09 Å². The van der Waals surface area contributed by atoms with Gasteiger partial charge in [0.05, 0.1) is 16.2 Å². The summed E-state index contributed by atoms with van der Waals surface area (Å²) >= 11 is 0. The van der Waals surface area contributed by atoms with Crippen molar-refractivity contribution in [3.05, 3.63) is 91.9 Å². The normalized spacial score (nSPS) is 17.9. The highest BCUT2D eigenvalue weighted by atomic mass is 31.2. The minimum atomic E-state index is -4.00. The molecule has 1 aliphatic carbocycles. The number of rotatable bonds is 5. The van der Waals surface area contributed by atoms with E-state index in [1.807, 2.05) is 0 Å². The number of nitrogens with zero attached hydrogens (tertiary/aromatic N) is 5. The molecule has 1 heterocycles. The molecule has 41 heavy (non-hydrogen) atoms. The molecule has 4 rings (SSSR count). The number of benzene rings is 2. The summed E-state index contributed by atoms with van der Waals surface area (Å²) in [4.78, 5) is 16.4. The zero-order chi connectivity index (χ0) is 30.6. The van der Waals surface area contributed by atoms with Gasteiger partial charge in [-0.05, 0) is 55.6 Å². The molecule has 2 aromatic rings. The van der Waals surface area contributed by atoms with Crippen LogP contribution in [0.1, 0.15) is 42.3 Å². The largest absolute Gasteiger partial charge is 0.478 e. The summed E-state index contributed by atoms with van der Waals surface area (Å²) in [6.07, 6.45) is 4.72. The Bertz CT molecular complexity index is 1740. The van der Waals surface area contributed by atoms with Gasteiger partial charge < -0.3 is 14.5 Å². The Morgan fingerprint density at radius 2 is 1.78 bits per heavy atom. The summed E-state index contributed by atoms with van der Waals surface area (Å²) in [6.45, 7) is 5.17. The molecule has 1 N–H and O–H groups in total. The van der Waals surface area contributed by atoms with Crippen LogP contribution in [0.4, 0.5) is 24.5 Å². The van der Waals surface area contributed by atoms with E-state index < -0.39 is 53.2 Å². The lowest BCUT2D eigenvalue weighted by molar-refractivity contribution is -0.462. The lowest BCUT2D eigenvalue weighted by atomic mass is 9.86. The van der Waals surface area contributed by atoms with Crippen LogP contribution in [0.5, 0.6) is 0 Å². The number of carbonyl (C=O) groups is 1. The quantitative estimate of drug-likeness (QED) is 0.107. The average Bonchev–Trinajstić information content (AvgIpc) is 2.88. The van der Waals surface area contributed by atoms with Crippen molar-refractivity contribution in [2.75, 3.05) is 33.1 Å². The van der Waals surface area contributed by atoms with Gasteiger partial charge in [-0.15, -0.1) is 0 Å². The molecule has 0 bridgehead atoms. The minimum absolute atomic E-state index is 0.0904. The fourth-order valence-electron chi connectivity index (χ4n) is 4.75. The summed E-state index contributed by atoms with van der Waals surface area (Å²) < 4.78 is 69.3. The summed E-state index contributed by atoms with van der Waals surface area (Å²) in [6, 6.07) is 4.72. The average molecular weight is 587 g/mol. The zero-order valence-corrected chi connectivity index (χ0v) is 24.3. The van der Waals surface area contributed by atoms with E-state index in [0.717, 1.165) is 0 Å². The topological polar surface area (TPSA) is 119 Å². The van der Waals surface area contributed by atoms with Gasteiger partial charge in [0.1, 0.15) is 31.2 Å². The molecule has 2 aromatic carbocycles. The second kappa shape index (κ2) is 10.4. The SMILES string of the molecule is CN(C)c1ccc2c(c1)P(=O)(OC(C)(C)C)C1=CC(=[N+](C)C)C=CC1=C2c1c(F)c(N=[N+]=[N-])c(F)c(F)c1C(=O)O. The van der Waals surface area contributed by atoms with Crippen LogP contribution in [0.15, 0.2) is 52.4 Å². The van der Waals surface area contributed by atoms with Gasteiger partial charge in [-0.1, -0.05) is 11.2 Å². The Morgan fingerprint density at radius 3 is 2.32 bits per heavy atom. The second-order valence-corrected chi connectivity index (χ2v) is 13.1. The van der Waals surface area contributed by atoms with Gasteiger partial charge in [0.15, 0.2) is 17.3 Å². The van der Waals surface area contributed by atoms with Gasteiger partial charge in [-0.2, -0.15) is 0 Å². The first-order valence-electron chi connectivity index (χ1n) is 12.3. The first-order chi connectivity index (χ1) is 19.0. The number of carboxylic acid groups (broad SMARTS) is 1. The van der Waals surface area contributed by atoms with Gasteiger partial charge in [0.2, 0.25) is 0 Å². The molecule has 1 unspecified atom stereocenters. The molecule has 0 aromatic heterocycles. The van der Waals surface area contributed by atoms with E-state index >= 15 is 13.3 Å². The molecule has 1 aliphatic heterocycles. The smallest absolute Gasteiger partial charge is 0.339 e. The Morgan fingerprint density at radius 1 is 1.12 bits per heavy atom. The molecule has 0 saturated carbocycles. The molecule has 0 fully saturated rings. The summed E-state index contributed by atoms with van der Waals surface area (Å²) in [7, 11) is 3.03. The first kappa shape index (κ1) is 29.9. The molecule has 0 radical (unpaired) electrons. The van der Waals surface area contributed by atoms with Crippen LogP contribution in [0.25, 0.3) is 16.0 Å². The molecule has 13 heteroatoms. The highest BCUT2D eigenvalue weighted by Crippen LogP contribution is 2.65. The summed E-state index contributed by atoms with van der Waals surface area (Å²) in [5.41, 5.74) is 5.73. The molecule has 1 atom stereocenters. The second-order valence-electron chi connectivity index (χ2n) is 10.9. The van der Waals surface area contributed by atoms with Gasteiger partial charge in [0, 0.05) is 48.0 Å². The van der Waals surface area contributed by atoms with Gasteiger partial charge in [0.25, 0.3) is 7.37 Å². The summed E-state index contributed by atoms with van der Waals surface area (Å²) in [5.74, 6) is -7.37. The molecule has 9 nitrogen and oxygen atoms in total. The van der Waals surface area contributed by atoms with Crippen molar-refractivity contribution in [3.63, 3.8) is 0 Å². The highest BCUT2D eigenvalue weighted by molar-refractivity contribution is 7.71.